The lowest BCUT2D eigenvalue weighted by Gasteiger charge is -2.35. The van der Waals surface area contributed by atoms with Gasteiger partial charge in [-0.15, -0.1) is 0 Å². The molecule has 33 heavy (non-hydrogen) atoms. The van der Waals surface area contributed by atoms with E-state index in [0.29, 0.717) is 37.1 Å². The van der Waals surface area contributed by atoms with E-state index in [9.17, 15) is 19.1 Å². The Morgan fingerprint density at radius 1 is 1.24 bits per heavy atom. The Morgan fingerprint density at radius 3 is 2.67 bits per heavy atom. The molecule has 2 aliphatic rings. The number of aliphatic hydroxyl groups is 1. The maximum Gasteiger partial charge on any atom is 0.268 e. The van der Waals surface area contributed by atoms with Gasteiger partial charge in [-0.3, -0.25) is 19.5 Å². The number of hydrogen-bond donors (Lipinski definition) is 4. The van der Waals surface area contributed by atoms with Gasteiger partial charge in [0, 0.05) is 44.0 Å². The fraction of sp³-hybridized carbons (Fsp3) is 0.348. The molecule has 0 aliphatic carbocycles. The number of ether oxygens (including phenoxy) is 1. The molecule has 1 aromatic carbocycles. The molecule has 9 nitrogen and oxygen atoms in total. The van der Waals surface area contributed by atoms with Crippen LogP contribution in [0, 0.1) is 5.82 Å². The van der Waals surface area contributed by atoms with E-state index in [1.54, 1.807) is 12.1 Å². The number of fused-ring (bicyclic) bond motifs is 1. The first-order valence-corrected chi connectivity index (χ1v) is 10.7. The van der Waals surface area contributed by atoms with Crippen LogP contribution in [0.3, 0.4) is 0 Å². The van der Waals surface area contributed by atoms with E-state index in [1.165, 1.54) is 30.5 Å². The summed E-state index contributed by atoms with van der Waals surface area (Å²) < 4.78 is 18.7. The first-order valence-electron chi connectivity index (χ1n) is 10.7. The maximum absolute atomic E-state index is 13.4. The highest BCUT2D eigenvalue weighted by Crippen LogP contribution is 2.24. The molecule has 0 saturated carbocycles. The van der Waals surface area contributed by atoms with E-state index >= 15 is 0 Å². The molecule has 10 heteroatoms. The number of nitrogens with two attached hydrogens (primary N) is 1. The van der Waals surface area contributed by atoms with E-state index in [0.717, 1.165) is 13.1 Å². The van der Waals surface area contributed by atoms with E-state index in [2.05, 4.69) is 20.5 Å². The smallest absolute Gasteiger partial charge is 0.268 e. The summed E-state index contributed by atoms with van der Waals surface area (Å²) in [5.41, 5.74) is 4.54. The number of aromatic nitrogens is 1. The minimum Gasteiger partial charge on any atom is -0.507 e. The summed E-state index contributed by atoms with van der Waals surface area (Å²) in [4.78, 5) is 32.2. The Labute approximate surface area is 189 Å². The lowest BCUT2D eigenvalue weighted by Crippen LogP contribution is -2.65. The Morgan fingerprint density at radius 2 is 1.97 bits per heavy atom. The Kier molecular flexibility index (Phi) is 6.57. The molecule has 1 saturated heterocycles. The molecule has 5 N–H and O–H groups in total. The van der Waals surface area contributed by atoms with Crippen molar-refractivity contribution >= 4 is 23.3 Å². The highest BCUT2D eigenvalue weighted by atomic mass is 19.1. The van der Waals surface area contributed by atoms with Gasteiger partial charge in [0.05, 0.1) is 13.2 Å². The van der Waals surface area contributed by atoms with Crippen molar-refractivity contribution in [1.82, 2.24) is 20.5 Å². The van der Waals surface area contributed by atoms with Crippen molar-refractivity contribution in [2.24, 2.45) is 5.73 Å². The zero-order valence-electron chi connectivity index (χ0n) is 18.0. The van der Waals surface area contributed by atoms with Crippen LogP contribution in [-0.2, 0) is 20.7 Å². The van der Waals surface area contributed by atoms with Gasteiger partial charge in [-0.05, 0) is 29.8 Å². The van der Waals surface area contributed by atoms with Gasteiger partial charge < -0.3 is 26.2 Å². The summed E-state index contributed by atoms with van der Waals surface area (Å²) in [5, 5.41) is 17.3. The van der Waals surface area contributed by atoms with E-state index < -0.39 is 23.2 Å². The molecule has 3 heterocycles. The first-order chi connectivity index (χ1) is 15.9. The Hall–Kier alpha value is -3.50. The Balaban J connectivity index is 1.65. The van der Waals surface area contributed by atoms with E-state index in [-0.39, 0.29) is 23.2 Å². The van der Waals surface area contributed by atoms with Crippen LogP contribution in [0.25, 0.3) is 11.5 Å². The second-order valence-electron chi connectivity index (χ2n) is 8.03. The van der Waals surface area contributed by atoms with E-state index in [1.807, 2.05) is 0 Å². The standard InChI is InChI=1S/C23H26FN5O4/c24-16-5-3-15(4-6-16)14-23(22(25)32)20(30)18-17(2-1-7-26-18)19(28-23)21(31)27-8-9-29-10-12-33-13-11-29/h1-7,28,30H,8-14H2,(H2,25,32)(H,27,31). The number of morpholine rings is 1. The van der Waals surface area contributed by atoms with Crippen LogP contribution in [0.2, 0.25) is 0 Å². The quantitative estimate of drug-likeness (QED) is 0.400. The van der Waals surface area contributed by atoms with Crippen LogP contribution >= 0.6 is 0 Å². The van der Waals surface area contributed by atoms with E-state index in [4.69, 9.17) is 10.5 Å². The molecule has 1 atom stereocenters. The number of halogens is 1. The highest BCUT2D eigenvalue weighted by molar-refractivity contribution is 6.15. The minimum atomic E-state index is -1.82. The molecule has 1 unspecified atom stereocenters. The molecule has 0 radical (unpaired) electrons. The van der Waals surface area contributed by atoms with Crippen molar-refractivity contribution in [3.63, 3.8) is 0 Å². The lowest BCUT2D eigenvalue weighted by molar-refractivity contribution is -0.122. The number of primary amides is 1. The monoisotopic (exact) mass is 455 g/mol. The second-order valence-corrected chi connectivity index (χ2v) is 8.03. The summed E-state index contributed by atoms with van der Waals surface area (Å²) in [6.45, 7) is 3.94. The summed E-state index contributed by atoms with van der Waals surface area (Å²) in [5.74, 6) is -2.16. The molecule has 1 aromatic heterocycles. The minimum absolute atomic E-state index is 0.0822. The van der Waals surface area contributed by atoms with Crippen LogP contribution in [0.5, 0.6) is 0 Å². The molecule has 2 aromatic rings. The average molecular weight is 455 g/mol. The number of hydrogen-bond acceptors (Lipinski definition) is 7. The number of carbonyl (C=O) groups is 2. The third-order valence-electron chi connectivity index (χ3n) is 5.89. The number of amides is 2. The second kappa shape index (κ2) is 9.55. The number of rotatable bonds is 7. The molecular formula is C23H26FN5O4. The number of carbonyl (C=O) groups excluding carboxylic acids is 2. The van der Waals surface area contributed by atoms with Crippen molar-refractivity contribution in [1.29, 1.82) is 0 Å². The zero-order valence-corrected chi connectivity index (χ0v) is 18.0. The predicted molar refractivity (Wildman–Crippen MR) is 118 cm³/mol. The van der Waals surface area contributed by atoms with Crippen molar-refractivity contribution in [2.75, 3.05) is 39.4 Å². The van der Waals surface area contributed by atoms with Crippen LogP contribution in [0.1, 0.15) is 5.56 Å². The van der Waals surface area contributed by atoms with Gasteiger partial charge in [0.1, 0.15) is 16.9 Å². The van der Waals surface area contributed by atoms with Gasteiger partial charge in [-0.1, -0.05) is 12.1 Å². The number of pyridine rings is 1. The zero-order chi connectivity index (χ0) is 23.4. The van der Waals surface area contributed by atoms with Crippen LogP contribution in [-0.4, -0.2) is 71.7 Å². The summed E-state index contributed by atoms with van der Waals surface area (Å²) in [6, 6.07) is 8.74. The number of aliphatic hydroxyl groups excluding tert-OH is 1. The number of nitrogens with zero attached hydrogens (tertiary/aromatic N) is 2. The van der Waals surface area contributed by atoms with Crippen molar-refractivity contribution in [3.8, 4) is 0 Å². The van der Waals surface area contributed by atoms with Gasteiger partial charge in [-0.25, -0.2) is 4.39 Å². The van der Waals surface area contributed by atoms with Crippen molar-refractivity contribution in [3.05, 3.63) is 64.5 Å². The molecule has 4 rings (SSSR count). The molecular weight excluding hydrogens is 429 g/mol. The molecule has 1 fully saturated rings. The van der Waals surface area contributed by atoms with Crippen LogP contribution in [0.15, 0.2) is 42.6 Å². The van der Waals surface area contributed by atoms with Crippen molar-refractivity contribution < 1.29 is 23.8 Å². The molecule has 0 spiro atoms. The normalized spacial score (nSPS) is 20.6. The Bertz CT molecular complexity index is 1160. The third-order valence-corrected chi connectivity index (χ3v) is 5.89. The fourth-order valence-corrected chi connectivity index (χ4v) is 4.06. The highest BCUT2D eigenvalue weighted by Gasteiger charge is 2.46. The van der Waals surface area contributed by atoms with Gasteiger partial charge in [0.15, 0.2) is 11.3 Å². The number of nitrogens with one attached hydrogen (secondary N) is 2. The summed E-state index contributed by atoms with van der Waals surface area (Å²) >= 11 is 0. The number of benzene rings is 1. The maximum atomic E-state index is 13.4. The van der Waals surface area contributed by atoms with Gasteiger partial charge in [-0.2, -0.15) is 0 Å². The largest absolute Gasteiger partial charge is 0.507 e. The molecule has 174 valence electrons. The topological polar surface area (TPSA) is 130 Å². The lowest BCUT2D eigenvalue weighted by atomic mass is 9.85. The molecule has 2 amide bonds. The van der Waals surface area contributed by atoms with Crippen LogP contribution in [0.4, 0.5) is 4.39 Å². The van der Waals surface area contributed by atoms with Crippen molar-refractivity contribution in [2.45, 2.75) is 12.0 Å². The average Bonchev–Trinajstić information content (AvgIpc) is 2.83. The third kappa shape index (κ3) is 4.67. The predicted octanol–water partition coefficient (Wildman–Crippen LogP) is -1.49. The van der Waals surface area contributed by atoms with Gasteiger partial charge in [0.25, 0.3) is 11.8 Å². The molecule has 0 bridgehead atoms. The summed E-state index contributed by atoms with van der Waals surface area (Å²) in [6.07, 6.45) is 1.35. The van der Waals surface area contributed by atoms with Gasteiger partial charge >= 0.3 is 0 Å². The fourth-order valence-electron chi connectivity index (χ4n) is 4.06. The first kappa shape index (κ1) is 22.7. The SMILES string of the molecule is NC(=O)C1(Cc2ccc(F)cc2)NC(C(=O)NCCN2CCOCC2)=c2cccnc2=C1O. The van der Waals surface area contributed by atoms with Gasteiger partial charge in [0.2, 0.25) is 0 Å². The summed E-state index contributed by atoms with van der Waals surface area (Å²) in [7, 11) is 0. The molecule has 2 aliphatic heterocycles. The van der Waals surface area contributed by atoms with Crippen LogP contribution < -0.4 is 26.9 Å².